The summed E-state index contributed by atoms with van der Waals surface area (Å²) in [5, 5.41) is 11.8. The topological polar surface area (TPSA) is 86.7 Å². The molecule has 0 saturated carbocycles. The average Bonchev–Trinajstić information content (AvgIpc) is 2.76. The summed E-state index contributed by atoms with van der Waals surface area (Å²) < 4.78 is 38.4. The van der Waals surface area contributed by atoms with E-state index in [0.29, 0.717) is 12.2 Å². The second-order valence-electron chi connectivity index (χ2n) is 8.43. The molecule has 0 unspecified atom stereocenters. The second-order valence-corrected chi connectivity index (χ2v) is 9.82. The fraction of sp³-hybridized carbons (Fsp3) is 0.538. The third-order valence-corrected chi connectivity index (χ3v) is 6.57. The molecule has 7 heteroatoms. The first kappa shape index (κ1) is 30.6. The Hall–Kier alpha value is -0.414. The van der Waals surface area contributed by atoms with E-state index in [-0.39, 0.29) is 67.8 Å². The average molecular weight is 501 g/mol. The Bertz CT molecular complexity index is 915. The van der Waals surface area contributed by atoms with Gasteiger partial charge in [0.15, 0.2) is 0 Å². The van der Waals surface area contributed by atoms with Gasteiger partial charge in [-0.05, 0) is 36.6 Å². The third kappa shape index (κ3) is 12.2. The van der Waals surface area contributed by atoms with Crippen LogP contribution in [0.2, 0.25) is 0 Å². The second kappa shape index (κ2) is 17.1. The fourth-order valence-electron chi connectivity index (χ4n) is 3.87. The van der Waals surface area contributed by atoms with Gasteiger partial charge in [0, 0.05) is 0 Å². The van der Waals surface area contributed by atoms with Crippen LogP contribution in [0.1, 0.15) is 89.5 Å². The normalized spacial score (nSPS) is 11.2. The standard InChI is InChI=1S/C26H38O5S.K/c1-2-3-4-5-6-7-8-9-10-11-12-13-16-22-21-23(27)19-20-24(22)31-25-17-14-15-18-26(25)32(28,29)30;/h14-15,17-21,27H,2-13,16H2,1H3,(H,28,29,30);/q;+1/p-1. The summed E-state index contributed by atoms with van der Waals surface area (Å²) in [5.74, 6) is 0.391. The Morgan fingerprint density at radius 2 is 1.33 bits per heavy atom. The monoisotopic (exact) mass is 500 g/mol. The van der Waals surface area contributed by atoms with E-state index < -0.39 is 10.1 Å². The molecule has 2 aromatic rings. The van der Waals surface area contributed by atoms with Crippen molar-refractivity contribution in [1.29, 1.82) is 0 Å². The summed E-state index contributed by atoms with van der Waals surface area (Å²) in [4.78, 5) is -0.289. The minimum absolute atomic E-state index is 0. The van der Waals surface area contributed by atoms with Gasteiger partial charge < -0.3 is 9.84 Å². The Labute approximate surface area is 242 Å². The molecule has 0 spiro atoms. The molecule has 0 atom stereocenters. The number of ether oxygens (including phenoxy) is 1. The molecular formula is C26H37KO5S. The molecule has 178 valence electrons. The van der Waals surface area contributed by atoms with E-state index in [1.54, 1.807) is 18.2 Å². The minimum atomic E-state index is -4.40. The van der Waals surface area contributed by atoms with Crippen molar-refractivity contribution in [2.24, 2.45) is 0 Å². The maximum absolute atomic E-state index is 11.8. The van der Waals surface area contributed by atoms with E-state index in [0.717, 1.165) is 18.4 Å². The summed E-state index contributed by atoms with van der Waals surface area (Å²) in [5.41, 5.74) is 0.759. The quantitative estimate of drug-likeness (QED) is 0.213. The molecule has 0 aliphatic rings. The molecule has 0 aliphatic heterocycles. The molecule has 0 saturated heterocycles. The van der Waals surface area contributed by atoms with Crippen molar-refractivity contribution in [3.63, 3.8) is 0 Å². The van der Waals surface area contributed by atoms with Crippen LogP contribution in [-0.4, -0.2) is 13.0 Å². The van der Waals surface area contributed by atoms with E-state index in [1.165, 1.54) is 88.5 Å². The van der Waals surface area contributed by atoms with Crippen molar-refractivity contribution < 1.29 is 74.2 Å². The van der Waals surface area contributed by atoms with Crippen LogP contribution in [0, 0.1) is 0 Å². The zero-order chi connectivity index (χ0) is 23.2. The van der Waals surface area contributed by atoms with E-state index >= 15 is 0 Å². The van der Waals surface area contributed by atoms with Crippen LogP contribution in [0.25, 0.3) is 0 Å². The van der Waals surface area contributed by atoms with Gasteiger partial charge in [0.25, 0.3) is 10.1 Å². The Kier molecular flexibility index (Phi) is 15.9. The number of hydrogen-bond acceptors (Lipinski definition) is 4. The van der Waals surface area contributed by atoms with Crippen LogP contribution in [0.5, 0.6) is 17.2 Å². The molecule has 5 nitrogen and oxygen atoms in total. The number of benzene rings is 2. The van der Waals surface area contributed by atoms with Crippen molar-refractivity contribution in [3.05, 3.63) is 48.0 Å². The van der Waals surface area contributed by atoms with Crippen molar-refractivity contribution in [2.75, 3.05) is 0 Å². The van der Waals surface area contributed by atoms with Crippen molar-refractivity contribution in [1.82, 2.24) is 0 Å². The molecule has 0 radical (unpaired) electrons. The minimum Gasteiger partial charge on any atom is -0.872 e. The zero-order valence-corrected chi connectivity index (χ0v) is 24.2. The van der Waals surface area contributed by atoms with Gasteiger partial charge in [-0.2, -0.15) is 8.42 Å². The number of hydrogen-bond donors (Lipinski definition) is 1. The molecular weight excluding hydrogens is 463 g/mol. The van der Waals surface area contributed by atoms with Crippen molar-refractivity contribution >= 4 is 10.1 Å². The van der Waals surface area contributed by atoms with Crippen LogP contribution >= 0.6 is 0 Å². The van der Waals surface area contributed by atoms with Crippen molar-refractivity contribution in [3.8, 4) is 17.2 Å². The van der Waals surface area contributed by atoms with E-state index in [1.807, 2.05) is 0 Å². The van der Waals surface area contributed by atoms with Crippen LogP contribution in [-0.2, 0) is 16.5 Å². The molecule has 0 aliphatic carbocycles. The molecule has 0 fully saturated rings. The first-order valence-corrected chi connectivity index (χ1v) is 13.4. The maximum Gasteiger partial charge on any atom is 1.00 e. The molecule has 0 heterocycles. The van der Waals surface area contributed by atoms with Gasteiger partial charge in [-0.1, -0.05) is 102 Å². The Morgan fingerprint density at radius 1 is 0.788 bits per heavy atom. The fourth-order valence-corrected chi connectivity index (χ4v) is 4.49. The number of rotatable bonds is 16. The molecule has 0 bridgehead atoms. The first-order valence-electron chi connectivity index (χ1n) is 12.0. The number of para-hydroxylation sites is 1. The van der Waals surface area contributed by atoms with Crippen LogP contribution in [0.15, 0.2) is 47.4 Å². The third-order valence-electron chi connectivity index (χ3n) is 5.68. The summed E-state index contributed by atoms with van der Waals surface area (Å²) >= 11 is 0. The van der Waals surface area contributed by atoms with Gasteiger partial charge >= 0.3 is 51.4 Å². The maximum atomic E-state index is 11.8. The van der Waals surface area contributed by atoms with Gasteiger partial charge in [0.1, 0.15) is 16.4 Å². The predicted molar refractivity (Wildman–Crippen MR) is 127 cm³/mol. The summed E-state index contributed by atoms with van der Waals surface area (Å²) in [6, 6.07) is 10.4. The van der Waals surface area contributed by atoms with Gasteiger partial charge in [0.05, 0.1) is 0 Å². The summed E-state index contributed by atoms with van der Waals surface area (Å²) in [7, 11) is -4.40. The Morgan fingerprint density at radius 3 is 1.91 bits per heavy atom. The summed E-state index contributed by atoms with van der Waals surface area (Å²) in [6.45, 7) is 2.24. The summed E-state index contributed by atoms with van der Waals surface area (Å²) in [6.07, 6.45) is 15.8. The smallest absolute Gasteiger partial charge is 0.872 e. The van der Waals surface area contributed by atoms with E-state index in [4.69, 9.17) is 4.74 Å². The van der Waals surface area contributed by atoms with Gasteiger partial charge in [-0.15, -0.1) is 5.75 Å². The predicted octanol–water partition coefficient (Wildman–Crippen LogP) is 4.05. The van der Waals surface area contributed by atoms with Gasteiger partial charge in [-0.3, -0.25) is 4.55 Å². The first-order chi connectivity index (χ1) is 15.4. The number of aryl methyl sites for hydroxylation is 1. The molecule has 2 aromatic carbocycles. The van der Waals surface area contributed by atoms with Crippen molar-refractivity contribution in [2.45, 2.75) is 95.3 Å². The van der Waals surface area contributed by atoms with E-state index in [9.17, 15) is 18.1 Å². The van der Waals surface area contributed by atoms with Gasteiger partial charge in [-0.25, -0.2) is 0 Å². The Balaban J connectivity index is 0.00000544. The van der Waals surface area contributed by atoms with E-state index in [2.05, 4.69) is 6.92 Å². The zero-order valence-electron chi connectivity index (χ0n) is 20.2. The van der Waals surface area contributed by atoms with Crippen LogP contribution in [0.3, 0.4) is 0 Å². The molecule has 2 rings (SSSR count). The molecule has 0 amide bonds. The SMILES string of the molecule is CCCCCCCCCCCCCCc1cc([O-])ccc1Oc1ccccc1S(=O)(=O)O.[K+]. The van der Waals surface area contributed by atoms with Crippen LogP contribution < -0.4 is 61.2 Å². The van der Waals surface area contributed by atoms with Gasteiger partial charge in [0.2, 0.25) is 0 Å². The molecule has 1 N–H and O–H groups in total. The largest absolute Gasteiger partial charge is 1.00 e. The molecule has 33 heavy (non-hydrogen) atoms. The van der Waals surface area contributed by atoms with Crippen LogP contribution in [0.4, 0.5) is 0 Å². The number of unbranched alkanes of at least 4 members (excludes halogenated alkanes) is 11. The molecule has 0 aromatic heterocycles.